The van der Waals surface area contributed by atoms with Crippen LogP contribution >= 0.6 is 0 Å². The van der Waals surface area contributed by atoms with Gasteiger partial charge in [0, 0.05) is 25.0 Å². The largest absolute Gasteiger partial charge is 0.329 e. The molecule has 1 heterocycles. The molecule has 1 fully saturated rings. The highest BCUT2D eigenvalue weighted by Gasteiger charge is 2.31. The van der Waals surface area contributed by atoms with Gasteiger partial charge in [-0.15, -0.1) is 0 Å². The zero-order chi connectivity index (χ0) is 11.4. The van der Waals surface area contributed by atoms with Gasteiger partial charge in [-0.05, 0) is 24.9 Å². The van der Waals surface area contributed by atoms with E-state index in [1.165, 1.54) is 24.9 Å². The van der Waals surface area contributed by atoms with Crippen molar-refractivity contribution in [3.63, 3.8) is 0 Å². The highest BCUT2D eigenvalue weighted by Crippen LogP contribution is 2.33. The predicted octanol–water partition coefficient (Wildman–Crippen LogP) is 2.00. The Labute approximate surface area is 98.4 Å². The van der Waals surface area contributed by atoms with E-state index in [2.05, 4.69) is 42.2 Å². The molecule has 2 heteroatoms. The monoisotopic (exact) mass is 218 g/mol. The number of nitrogens with two attached hydrogens (primary N) is 1. The molecule has 0 amide bonds. The lowest BCUT2D eigenvalue weighted by atomic mass is 9.76. The molecular weight excluding hydrogens is 196 g/mol. The first-order chi connectivity index (χ1) is 7.74. The Kier molecular flexibility index (Phi) is 3.62. The number of hydrogen-bond donors (Lipinski definition) is 1. The summed E-state index contributed by atoms with van der Waals surface area (Å²) in [6.45, 7) is 6.53. The smallest absolute Gasteiger partial charge is 0.0105 e. The van der Waals surface area contributed by atoms with Crippen LogP contribution in [0.2, 0.25) is 0 Å². The van der Waals surface area contributed by atoms with Crippen LogP contribution in [0.3, 0.4) is 0 Å². The average molecular weight is 218 g/mol. The highest BCUT2D eigenvalue weighted by molar-refractivity contribution is 5.25. The molecule has 1 aliphatic heterocycles. The Morgan fingerprint density at radius 2 is 2.06 bits per heavy atom. The zero-order valence-electron chi connectivity index (χ0n) is 10.2. The molecule has 0 radical (unpaired) electrons. The lowest BCUT2D eigenvalue weighted by Gasteiger charge is -2.41. The van der Waals surface area contributed by atoms with Gasteiger partial charge in [0.2, 0.25) is 0 Å². The van der Waals surface area contributed by atoms with Crippen molar-refractivity contribution in [1.82, 2.24) is 4.90 Å². The quantitative estimate of drug-likeness (QED) is 0.841. The van der Waals surface area contributed by atoms with Gasteiger partial charge in [-0.2, -0.15) is 0 Å². The van der Waals surface area contributed by atoms with E-state index >= 15 is 0 Å². The normalized spacial score (nSPS) is 26.9. The van der Waals surface area contributed by atoms with Crippen molar-refractivity contribution in [1.29, 1.82) is 0 Å². The molecule has 88 valence electrons. The van der Waals surface area contributed by atoms with Gasteiger partial charge < -0.3 is 10.6 Å². The van der Waals surface area contributed by atoms with E-state index in [0.29, 0.717) is 5.41 Å². The van der Waals surface area contributed by atoms with Crippen molar-refractivity contribution < 1.29 is 0 Å². The van der Waals surface area contributed by atoms with E-state index in [1.54, 1.807) is 0 Å². The van der Waals surface area contributed by atoms with Gasteiger partial charge in [-0.1, -0.05) is 37.3 Å². The van der Waals surface area contributed by atoms with Crippen molar-refractivity contribution >= 4 is 0 Å². The first kappa shape index (κ1) is 11.6. The number of rotatable bonds is 3. The third kappa shape index (κ3) is 2.45. The van der Waals surface area contributed by atoms with Crippen LogP contribution in [0.4, 0.5) is 0 Å². The standard InChI is InChI=1S/C14H22N2/c1-14(13-6-3-2-4-7-13)8-5-10-16(12-14)11-9-15/h2-4,6-7H,5,8-12,15H2,1H3. The molecule has 1 aromatic rings. The molecule has 1 aliphatic rings. The Hall–Kier alpha value is -0.860. The van der Waals surface area contributed by atoms with Gasteiger partial charge in [0.25, 0.3) is 0 Å². The van der Waals surface area contributed by atoms with Gasteiger partial charge in [0.05, 0.1) is 0 Å². The van der Waals surface area contributed by atoms with Crippen molar-refractivity contribution in [2.24, 2.45) is 5.73 Å². The fraction of sp³-hybridized carbons (Fsp3) is 0.571. The molecule has 1 saturated heterocycles. The van der Waals surface area contributed by atoms with Crippen LogP contribution < -0.4 is 5.73 Å². The molecule has 0 spiro atoms. The van der Waals surface area contributed by atoms with E-state index in [0.717, 1.165) is 19.6 Å². The van der Waals surface area contributed by atoms with Crippen LogP contribution in [0.5, 0.6) is 0 Å². The first-order valence-electron chi connectivity index (χ1n) is 6.22. The molecule has 1 aromatic carbocycles. The lowest BCUT2D eigenvalue weighted by molar-refractivity contribution is 0.161. The van der Waals surface area contributed by atoms with Crippen molar-refractivity contribution in [2.45, 2.75) is 25.2 Å². The van der Waals surface area contributed by atoms with E-state index in [4.69, 9.17) is 5.73 Å². The number of likely N-dealkylation sites (tertiary alicyclic amines) is 1. The minimum Gasteiger partial charge on any atom is -0.329 e. The van der Waals surface area contributed by atoms with Crippen LogP contribution in [0.15, 0.2) is 30.3 Å². The topological polar surface area (TPSA) is 29.3 Å². The number of nitrogens with zero attached hydrogens (tertiary/aromatic N) is 1. The van der Waals surface area contributed by atoms with Gasteiger partial charge in [0.15, 0.2) is 0 Å². The molecule has 0 saturated carbocycles. The lowest BCUT2D eigenvalue weighted by Crippen LogP contribution is -2.45. The SMILES string of the molecule is CC1(c2ccccc2)CCCN(CCN)C1. The van der Waals surface area contributed by atoms with Gasteiger partial charge in [0.1, 0.15) is 0 Å². The van der Waals surface area contributed by atoms with E-state index < -0.39 is 0 Å². The molecule has 0 aromatic heterocycles. The average Bonchev–Trinajstić information content (AvgIpc) is 2.31. The minimum atomic E-state index is 0.314. The van der Waals surface area contributed by atoms with Crippen molar-refractivity contribution in [3.05, 3.63) is 35.9 Å². The molecule has 2 nitrogen and oxygen atoms in total. The zero-order valence-corrected chi connectivity index (χ0v) is 10.2. The second-order valence-electron chi connectivity index (χ2n) is 5.10. The minimum absolute atomic E-state index is 0.314. The predicted molar refractivity (Wildman–Crippen MR) is 68.5 cm³/mol. The summed E-state index contributed by atoms with van der Waals surface area (Å²) >= 11 is 0. The Morgan fingerprint density at radius 3 is 2.75 bits per heavy atom. The fourth-order valence-corrected chi connectivity index (χ4v) is 2.79. The van der Waals surface area contributed by atoms with Crippen molar-refractivity contribution in [3.8, 4) is 0 Å². The molecule has 2 rings (SSSR count). The fourth-order valence-electron chi connectivity index (χ4n) is 2.79. The summed E-state index contributed by atoms with van der Waals surface area (Å²) < 4.78 is 0. The van der Waals surface area contributed by atoms with Gasteiger partial charge >= 0.3 is 0 Å². The summed E-state index contributed by atoms with van der Waals surface area (Å²) in [5.74, 6) is 0. The Balaban J connectivity index is 2.12. The second-order valence-corrected chi connectivity index (χ2v) is 5.10. The highest BCUT2D eigenvalue weighted by atomic mass is 15.1. The summed E-state index contributed by atoms with van der Waals surface area (Å²) in [5.41, 5.74) is 7.43. The van der Waals surface area contributed by atoms with Crippen molar-refractivity contribution in [2.75, 3.05) is 26.2 Å². The first-order valence-corrected chi connectivity index (χ1v) is 6.22. The number of piperidine rings is 1. The maximum Gasteiger partial charge on any atom is 0.0105 e. The van der Waals surface area contributed by atoms with Crippen LogP contribution in [0.1, 0.15) is 25.3 Å². The van der Waals surface area contributed by atoms with Gasteiger partial charge in [-0.3, -0.25) is 0 Å². The number of hydrogen-bond acceptors (Lipinski definition) is 2. The van der Waals surface area contributed by atoms with E-state index in [9.17, 15) is 0 Å². The maximum absolute atomic E-state index is 5.64. The second kappa shape index (κ2) is 4.98. The van der Waals surface area contributed by atoms with Crippen LogP contribution in [-0.2, 0) is 5.41 Å². The molecular formula is C14H22N2. The summed E-state index contributed by atoms with van der Waals surface area (Å²) in [7, 11) is 0. The molecule has 1 atom stereocenters. The van der Waals surface area contributed by atoms with E-state index in [-0.39, 0.29) is 0 Å². The summed E-state index contributed by atoms with van der Waals surface area (Å²) in [6.07, 6.45) is 2.57. The van der Waals surface area contributed by atoms with Crippen LogP contribution in [0, 0.1) is 0 Å². The van der Waals surface area contributed by atoms with Gasteiger partial charge in [-0.25, -0.2) is 0 Å². The van der Waals surface area contributed by atoms with Crippen LogP contribution in [-0.4, -0.2) is 31.1 Å². The summed E-state index contributed by atoms with van der Waals surface area (Å²) in [5, 5.41) is 0. The Bertz CT molecular complexity index is 321. The summed E-state index contributed by atoms with van der Waals surface area (Å²) in [6, 6.07) is 10.9. The molecule has 0 bridgehead atoms. The third-order valence-electron chi connectivity index (χ3n) is 3.69. The Morgan fingerprint density at radius 1 is 1.31 bits per heavy atom. The number of benzene rings is 1. The third-order valence-corrected chi connectivity index (χ3v) is 3.69. The van der Waals surface area contributed by atoms with E-state index in [1.807, 2.05) is 0 Å². The molecule has 2 N–H and O–H groups in total. The molecule has 0 aliphatic carbocycles. The van der Waals surface area contributed by atoms with Crippen LogP contribution in [0.25, 0.3) is 0 Å². The molecule has 1 unspecified atom stereocenters. The maximum atomic E-state index is 5.64. The molecule has 16 heavy (non-hydrogen) atoms. The summed E-state index contributed by atoms with van der Waals surface area (Å²) in [4.78, 5) is 2.50.